The van der Waals surface area contributed by atoms with E-state index in [4.69, 9.17) is 15.0 Å². The third-order valence-corrected chi connectivity index (χ3v) is 9.76. The summed E-state index contributed by atoms with van der Waals surface area (Å²) in [6.07, 6.45) is 0. The van der Waals surface area contributed by atoms with Crippen molar-refractivity contribution >= 4 is 0 Å². The fraction of sp³-hybridized carbons (Fsp3) is 0. The second-order valence-corrected chi connectivity index (χ2v) is 13.3. The SMILES string of the molecule is c1ccc(-c2ccc(-c3cccc(-c4nc(-c5cccc(-c6ccccc6)c5)nc(-c5cccc(-c6ccc(-c7ccccc7)cc6)c5)n4)c3)cc2)cc1. The van der Waals surface area contributed by atoms with E-state index in [0.717, 1.165) is 50.1 Å². The zero-order valence-corrected chi connectivity index (χ0v) is 29.5. The lowest BCUT2D eigenvalue weighted by Gasteiger charge is -2.12. The Morgan fingerprint density at radius 2 is 0.370 bits per heavy atom. The Kier molecular flexibility index (Phi) is 8.94. The summed E-state index contributed by atoms with van der Waals surface area (Å²) in [5.41, 5.74) is 14.3. The van der Waals surface area contributed by atoms with Crippen molar-refractivity contribution in [1.82, 2.24) is 15.0 Å². The van der Waals surface area contributed by atoms with Crippen molar-refractivity contribution in [2.24, 2.45) is 0 Å². The van der Waals surface area contributed by atoms with E-state index in [1.54, 1.807) is 0 Å². The number of aromatic nitrogens is 3. The Morgan fingerprint density at radius 1 is 0.167 bits per heavy atom. The van der Waals surface area contributed by atoms with Gasteiger partial charge >= 0.3 is 0 Å². The second kappa shape index (κ2) is 14.8. The van der Waals surface area contributed by atoms with Gasteiger partial charge in [0.2, 0.25) is 0 Å². The van der Waals surface area contributed by atoms with Gasteiger partial charge in [-0.05, 0) is 73.8 Å². The zero-order valence-electron chi connectivity index (χ0n) is 29.5. The standard InChI is InChI=1S/C51H35N3/c1-4-13-36(14-5-1)39-25-29-41(30-26-39)44-20-11-23-47(34-44)50-52-49(46-22-10-19-43(33-46)38-17-8-3-9-18-38)53-51(54-50)48-24-12-21-45(35-48)42-31-27-40(28-32-42)37-15-6-2-7-16-37/h1-35H. The number of nitrogens with zero attached hydrogens (tertiary/aromatic N) is 3. The average molecular weight is 690 g/mol. The first kappa shape index (κ1) is 32.7. The molecular weight excluding hydrogens is 655 g/mol. The highest BCUT2D eigenvalue weighted by molar-refractivity contribution is 5.78. The molecule has 3 nitrogen and oxygen atoms in total. The fourth-order valence-electron chi connectivity index (χ4n) is 6.88. The van der Waals surface area contributed by atoms with Gasteiger partial charge in [0.25, 0.3) is 0 Å². The highest BCUT2D eigenvalue weighted by Crippen LogP contribution is 2.33. The summed E-state index contributed by atoms with van der Waals surface area (Å²) in [7, 11) is 0. The van der Waals surface area contributed by atoms with E-state index in [2.05, 4.69) is 194 Å². The summed E-state index contributed by atoms with van der Waals surface area (Å²) in [5, 5.41) is 0. The maximum absolute atomic E-state index is 5.13. The molecule has 0 aliphatic rings. The van der Waals surface area contributed by atoms with Crippen LogP contribution in [0.15, 0.2) is 212 Å². The van der Waals surface area contributed by atoms with Crippen LogP contribution in [0.1, 0.15) is 0 Å². The van der Waals surface area contributed by atoms with Crippen LogP contribution in [-0.2, 0) is 0 Å². The molecule has 9 aromatic rings. The molecule has 1 aromatic heterocycles. The molecule has 0 saturated carbocycles. The number of hydrogen-bond donors (Lipinski definition) is 0. The molecule has 3 heteroatoms. The first-order valence-corrected chi connectivity index (χ1v) is 18.2. The summed E-state index contributed by atoms with van der Waals surface area (Å²) in [4.78, 5) is 15.4. The number of benzene rings is 8. The lowest BCUT2D eigenvalue weighted by Crippen LogP contribution is -2.00. The van der Waals surface area contributed by atoms with Crippen molar-refractivity contribution in [2.45, 2.75) is 0 Å². The minimum atomic E-state index is 0.625. The van der Waals surface area contributed by atoms with Crippen molar-refractivity contribution in [3.63, 3.8) is 0 Å². The maximum atomic E-state index is 5.13. The van der Waals surface area contributed by atoms with E-state index in [1.807, 2.05) is 18.2 Å². The van der Waals surface area contributed by atoms with Crippen LogP contribution < -0.4 is 0 Å². The molecule has 0 saturated heterocycles. The Hall–Kier alpha value is -7.23. The van der Waals surface area contributed by atoms with Gasteiger partial charge in [0.15, 0.2) is 17.5 Å². The molecule has 0 aliphatic carbocycles. The first-order chi connectivity index (χ1) is 26.7. The van der Waals surface area contributed by atoms with Crippen LogP contribution in [0.2, 0.25) is 0 Å². The van der Waals surface area contributed by atoms with E-state index in [9.17, 15) is 0 Å². The molecule has 0 amide bonds. The maximum Gasteiger partial charge on any atom is 0.164 e. The normalized spacial score (nSPS) is 11.0. The van der Waals surface area contributed by atoms with Crippen LogP contribution in [0.5, 0.6) is 0 Å². The molecule has 0 N–H and O–H groups in total. The predicted octanol–water partition coefficient (Wildman–Crippen LogP) is 13.2. The summed E-state index contributed by atoms with van der Waals surface area (Å²) >= 11 is 0. The molecule has 8 aromatic carbocycles. The molecule has 0 bridgehead atoms. The topological polar surface area (TPSA) is 38.7 Å². The molecule has 1 heterocycles. The Labute approximate surface area is 316 Å². The lowest BCUT2D eigenvalue weighted by atomic mass is 9.98. The van der Waals surface area contributed by atoms with Crippen molar-refractivity contribution in [3.8, 4) is 89.8 Å². The molecule has 0 fully saturated rings. The van der Waals surface area contributed by atoms with Crippen molar-refractivity contribution in [3.05, 3.63) is 212 Å². The Morgan fingerprint density at radius 3 is 0.667 bits per heavy atom. The number of rotatable bonds is 8. The highest BCUT2D eigenvalue weighted by Gasteiger charge is 2.15. The summed E-state index contributed by atoms with van der Waals surface area (Å²) in [6, 6.07) is 74.1. The minimum Gasteiger partial charge on any atom is -0.208 e. The third kappa shape index (κ3) is 6.99. The smallest absolute Gasteiger partial charge is 0.164 e. The Balaban J connectivity index is 1.11. The Bertz CT molecular complexity index is 2530. The van der Waals surface area contributed by atoms with E-state index < -0.39 is 0 Å². The first-order valence-electron chi connectivity index (χ1n) is 18.2. The average Bonchev–Trinajstić information content (AvgIpc) is 3.27. The molecule has 0 spiro atoms. The molecule has 0 unspecified atom stereocenters. The van der Waals surface area contributed by atoms with E-state index in [-0.39, 0.29) is 0 Å². The van der Waals surface area contributed by atoms with Crippen LogP contribution in [0, 0.1) is 0 Å². The molecule has 0 atom stereocenters. The fourth-order valence-corrected chi connectivity index (χ4v) is 6.88. The van der Waals surface area contributed by atoms with Gasteiger partial charge in [0, 0.05) is 16.7 Å². The molecule has 0 radical (unpaired) electrons. The molecule has 0 aliphatic heterocycles. The van der Waals surface area contributed by atoms with Crippen molar-refractivity contribution < 1.29 is 0 Å². The van der Waals surface area contributed by atoms with Gasteiger partial charge in [-0.15, -0.1) is 0 Å². The van der Waals surface area contributed by atoms with Gasteiger partial charge in [0.05, 0.1) is 0 Å². The molecule has 254 valence electrons. The number of hydrogen-bond acceptors (Lipinski definition) is 3. The van der Waals surface area contributed by atoms with Gasteiger partial charge < -0.3 is 0 Å². The van der Waals surface area contributed by atoms with E-state index in [1.165, 1.54) is 22.3 Å². The molecule has 9 rings (SSSR count). The van der Waals surface area contributed by atoms with Crippen LogP contribution >= 0.6 is 0 Å². The van der Waals surface area contributed by atoms with Gasteiger partial charge in [-0.3, -0.25) is 0 Å². The second-order valence-electron chi connectivity index (χ2n) is 13.3. The highest BCUT2D eigenvalue weighted by atomic mass is 15.0. The predicted molar refractivity (Wildman–Crippen MR) is 223 cm³/mol. The van der Waals surface area contributed by atoms with E-state index in [0.29, 0.717) is 17.5 Å². The summed E-state index contributed by atoms with van der Waals surface area (Å²) in [5.74, 6) is 1.88. The summed E-state index contributed by atoms with van der Waals surface area (Å²) < 4.78 is 0. The zero-order chi connectivity index (χ0) is 36.1. The van der Waals surface area contributed by atoms with Gasteiger partial charge in [-0.2, -0.15) is 0 Å². The van der Waals surface area contributed by atoms with Gasteiger partial charge in [-0.25, -0.2) is 15.0 Å². The van der Waals surface area contributed by atoms with Crippen LogP contribution in [0.25, 0.3) is 89.8 Å². The van der Waals surface area contributed by atoms with Crippen LogP contribution in [-0.4, -0.2) is 15.0 Å². The van der Waals surface area contributed by atoms with Crippen LogP contribution in [0.4, 0.5) is 0 Å². The summed E-state index contributed by atoms with van der Waals surface area (Å²) in [6.45, 7) is 0. The molecule has 54 heavy (non-hydrogen) atoms. The quantitative estimate of drug-likeness (QED) is 0.159. The van der Waals surface area contributed by atoms with Crippen molar-refractivity contribution in [2.75, 3.05) is 0 Å². The largest absolute Gasteiger partial charge is 0.208 e. The van der Waals surface area contributed by atoms with Crippen LogP contribution in [0.3, 0.4) is 0 Å². The lowest BCUT2D eigenvalue weighted by molar-refractivity contribution is 1.07. The monoisotopic (exact) mass is 689 g/mol. The minimum absolute atomic E-state index is 0.625. The molecular formula is C51H35N3. The third-order valence-electron chi connectivity index (χ3n) is 9.76. The van der Waals surface area contributed by atoms with Gasteiger partial charge in [0.1, 0.15) is 0 Å². The van der Waals surface area contributed by atoms with Crippen molar-refractivity contribution in [1.29, 1.82) is 0 Å². The van der Waals surface area contributed by atoms with Gasteiger partial charge in [-0.1, -0.05) is 194 Å². The van der Waals surface area contributed by atoms with E-state index >= 15 is 0 Å².